The molecule has 0 bridgehead atoms. The SMILES string of the molecule is Cl.Clc1ncccc1[C@H]1CNCCN1. The van der Waals surface area contributed by atoms with E-state index in [1.165, 1.54) is 0 Å². The first kappa shape index (κ1) is 11.7. The standard InChI is InChI=1S/C9H12ClN3.ClH/c10-9-7(2-1-3-13-9)8-6-11-4-5-12-8;/h1-3,8,11-12H,4-6H2;1H/t8-;/m1./s1. The highest BCUT2D eigenvalue weighted by atomic mass is 35.5. The summed E-state index contributed by atoms with van der Waals surface area (Å²) in [6.07, 6.45) is 1.71. The molecule has 0 saturated carbocycles. The van der Waals surface area contributed by atoms with Crippen LogP contribution in [0.1, 0.15) is 11.6 Å². The molecule has 2 N–H and O–H groups in total. The van der Waals surface area contributed by atoms with E-state index in [0.29, 0.717) is 11.2 Å². The second kappa shape index (κ2) is 5.51. The van der Waals surface area contributed by atoms with E-state index in [-0.39, 0.29) is 12.4 Å². The summed E-state index contributed by atoms with van der Waals surface area (Å²) in [5.74, 6) is 0. The van der Waals surface area contributed by atoms with Gasteiger partial charge in [0.05, 0.1) is 0 Å². The van der Waals surface area contributed by atoms with Gasteiger partial charge < -0.3 is 10.6 Å². The van der Waals surface area contributed by atoms with Crippen molar-refractivity contribution in [1.82, 2.24) is 15.6 Å². The van der Waals surface area contributed by atoms with Gasteiger partial charge in [0.25, 0.3) is 0 Å². The van der Waals surface area contributed by atoms with Crippen molar-refractivity contribution < 1.29 is 0 Å². The van der Waals surface area contributed by atoms with Gasteiger partial charge in [-0.2, -0.15) is 0 Å². The van der Waals surface area contributed by atoms with E-state index in [0.717, 1.165) is 25.2 Å². The molecule has 1 fully saturated rings. The van der Waals surface area contributed by atoms with Gasteiger partial charge in [0, 0.05) is 37.4 Å². The number of pyridine rings is 1. The van der Waals surface area contributed by atoms with Gasteiger partial charge in [0.15, 0.2) is 0 Å². The number of hydrogen-bond donors (Lipinski definition) is 2. The maximum atomic E-state index is 5.98. The molecule has 2 rings (SSSR count). The van der Waals surface area contributed by atoms with E-state index in [1.807, 2.05) is 12.1 Å². The van der Waals surface area contributed by atoms with Crippen molar-refractivity contribution in [2.75, 3.05) is 19.6 Å². The Hall–Kier alpha value is -0.350. The molecule has 0 amide bonds. The van der Waals surface area contributed by atoms with Gasteiger partial charge in [-0.3, -0.25) is 0 Å². The van der Waals surface area contributed by atoms with E-state index in [1.54, 1.807) is 6.20 Å². The van der Waals surface area contributed by atoms with Crippen LogP contribution in [0, 0.1) is 0 Å². The van der Waals surface area contributed by atoms with Gasteiger partial charge in [-0.05, 0) is 6.07 Å². The zero-order chi connectivity index (χ0) is 9.10. The lowest BCUT2D eigenvalue weighted by molar-refractivity contribution is 0.429. The van der Waals surface area contributed by atoms with Gasteiger partial charge in [-0.25, -0.2) is 4.98 Å². The van der Waals surface area contributed by atoms with Crippen molar-refractivity contribution >= 4 is 24.0 Å². The maximum absolute atomic E-state index is 5.98. The molecule has 1 aliphatic heterocycles. The normalized spacial score (nSPS) is 21.4. The highest BCUT2D eigenvalue weighted by molar-refractivity contribution is 6.30. The minimum Gasteiger partial charge on any atom is -0.314 e. The van der Waals surface area contributed by atoms with Gasteiger partial charge in [-0.15, -0.1) is 12.4 Å². The van der Waals surface area contributed by atoms with Crippen molar-refractivity contribution in [3.63, 3.8) is 0 Å². The molecule has 3 nitrogen and oxygen atoms in total. The largest absolute Gasteiger partial charge is 0.314 e. The first-order valence-corrected chi connectivity index (χ1v) is 4.80. The van der Waals surface area contributed by atoms with E-state index in [2.05, 4.69) is 15.6 Å². The second-order valence-electron chi connectivity index (χ2n) is 3.09. The first-order valence-electron chi connectivity index (χ1n) is 4.42. The lowest BCUT2D eigenvalue weighted by Gasteiger charge is -2.25. The molecule has 78 valence electrons. The quantitative estimate of drug-likeness (QED) is 0.721. The highest BCUT2D eigenvalue weighted by Crippen LogP contribution is 2.20. The average molecular weight is 234 g/mol. The fourth-order valence-electron chi connectivity index (χ4n) is 1.53. The Labute approximate surface area is 94.7 Å². The molecule has 1 aromatic heterocycles. The number of hydrogen-bond acceptors (Lipinski definition) is 3. The van der Waals surface area contributed by atoms with Crippen LogP contribution in [0.2, 0.25) is 5.15 Å². The van der Waals surface area contributed by atoms with Crippen molar-refractivity contribution in [3.05, 3.63) is 29.0 Å². The molecule has 14 heavy (non-hydrogen) atoms. The molecule has 1 atom stereocenters. The molecule has 1 aliphatic rings. The van der Waals surface area contributed by atoms with Crippen molar-refractivity contribution in [2.24, 2.45) is 0 Å². The number of nitrogens with one attached hydrogen (secondary N) is 2. The Balaban J connectivity index is 0.000000980. The van der Waals surface area contributed by atoms with Crippen molar-refractivity contribution in [3.8, 4) is 0 Å². The van der Waals surface area contributed by atoms with Crippen LogP contribution >= 0.6 is 24.0 Å². The molecule has 1 aromatic rings. The minimum absolute atomic E-state index is 0. The molecule has 0 radical (unpaired) electrons. The van der Waals surface area contributed by atoms with Crippen molar-refractivity contribution in [2.45, 2.75) is 6.04 Å². The Kier molecular flexibility index (Phi) is 4.62. The predicted molar refractivity (Wildman–Crippen MR) is 60.1 cm³/mol. The van der Waals surface area contributed by atoms with Crippen LogP contribution in [0.5, 0.6) is 0 Å². The van der Waals surface area contributed by atoms with E-state index in [4.69, 9.17) is 11.6 Å². The summed E-state index contributed by atoms with van der Waals surface area (Å²) in [5.41, 5.74) is 1.08. The Morgan fingerprint density at radius 2 is 2.29 bits per heavy atom. The summed E-state index contributed by atoms with van der Waals surface area (Å²) < 4.78 is 0. The molecule has 0 aromatic carbocycles. The minimum atomic E-state index is 0. The zero-order valence-corrected chi connectivity index (χ0v) is 9.24. The Morgan fingerprint density at radius 3 is 2.93 bits per heavy atom. The summed E-state index contributed by atoms with van der Waals surface area (Å²) in [4.78, 5) is 4.05. The van der Waals surface area contributed by atoms with Crippen molar-refractivity contribution in [1.29, 1.82) is 0 Å². The number of halogens is 2. The second-order valence-corrected chi connectivity index (χ2v) is 3.45. The fraction of sp³-hybridized carbons (Fsp3) is 0.444. The molecule has 2 heterocycles. The molecule has 1 saturated heterocycles. The zero-order valence-electron chi connectivity index (χ0n) is 7.66. The van der Waals surface area contributed by atoms with Gasteiger partial charge in [0.2, 0.25) is 0 Å². The third kappa shape index (κ3) is 2.58. The Morgan fingerprint density at radius 1 is 1.43 bits per heavy atom. The van der Waals surface area contributed by atoms with Crippen LogP contribution in [0.4, 0.5) is 0 Å². The van der Waals surface area contributed by atoms with Gasteiger partial charge in [-0.1, -0.05) is 17.7 Å². The summed E-state index contributed by atoms with van der Waals surface area (Å²) in [5, 5.41) is 7.30. The molecule has 0 unspecified atom stereocenters. The number of piperazine rings is 1. The van der Waals surface area contributed by atoms with Crippen LogP contribution in [0.3, 0.4) is 0 Å². The first-order chi connectivity index (χ1) is 6.38. The summed E-state index contributed by atoms with van der Waals surface area (Å²) in [7, 11) is 0. The average Bonchev–Trinajstić information content (AvgIpc) is 2.20. The van der Waals surface area contributed by atoms with Crippen LogP contribution in [-0.4, -0.2) is 24.6 Å². The maximum Gasteiger partial charge on any atom is 0.133 e. The lowest BCUT2D eigenvalue weighted by atomic mass is 10.1. The Bertz CT molecular complexity index is 287. The number of rotatable bonds is 1. The highest BCUT2D eigenvalue weighted by Gasteiger charge is 2.16. The monoisotopic (exact) mass is 233 g/mol. The summed E-state index contributed by atoms with van der Waals surface area (Å²) in [6.45, 7) is 2.93. The van der Waals surface area contributed by atoms with Crippen LogP contribution in [0.25, 0.3) is 0 Å². The van der Waals surface area contributed by atoms with Gasteiger partial charge >= 0.3 is 0 Å². The molecule has 0 aliphatic carbocycles. The third-order valence-electron chi connectivity index (χ3n) is 2.20. The predicted octanol–water partition coefficient (Wildman–Crippen LogP) is 1.39. The third-order valence-corrected chi connectivity index (χ3v) is 2.52. The molecular formula is C9H13Cl2N3. The molecule has 0 spiro atoms. The molecule has 5 heteroatoms. The van der Waals surface area contributed by atoms with Crippen LogP contribution in [0.15, 0.2) is 18.3 Å². The fourth-order valence-corrected chi connectivity index (χ4v) is 1.78. The topological polar surface area (TPSA) is 37.0 Å². The number of nitrogens with zero attached hydrogens (tertiary/aromatic N) is 1. The van der Waals surface area contributed by atoms with Crippen LogP contribution in [-0.2, 0) is 0 Å². The number of aromatic nitrogens is 1. The van der Waals surface area contributed by atoms with E-state index in [9.17, 15) is 0 Å². The summed E-state index contributed by atoms with van der Waals surface area (Å²) >= 11 is 5.98. The molecular weight excluding hydrogens is 221 g/mol. The van der Waals surface area contributed by atoms with Crippen LogP contribution < -0.4 is 10.6 Å². The van der Waals surface area contributed by atoms with E-state index >= 15 is 0 Å². The smallest absolute Gasteiger partial charge is 0.133 e. The van der Waals surface area contributed by atoms with E-state index < -0.39 is 0 Å². The van der Waals surface area contributed by atoms with Gasteiger partial charge in [0.1, 0.15) is 5.15 Å². The summed E-state index contributed by atoms with van der Waals surface area (Å²) in [6, 6.07) is 4.23. The lowest BCUT2D eigenvalue weighted by Crippen LogP contribution is -2.42.